The molecule has 9 nitrogen and oxygen atoms in total. The molecule has 2 amide bonds. The molecule has 234 valence electrons. The summed E-state index contributed by atoms with van der Waals surface area (Å²) in [5, 5.41) is 5.72. The number of ketones is 1. The van der Waals surface area contributed by atoms with E-state index in [0.717, 1.165) is 50.1 Å². The van der Waals surface area contributed by atoms with Gasteiger partial charge < -0.3 is 19.7 Å². The summed E-state index contributed by atoms with van der Waals surface area (Å²) >= 11 is 1.42. The molecule has 1 N–H and O–H groups in total. The molecule has 3 heterocycles. The van der Waals surface area contributed by atoms with Gasteiger partial charge in [-0.2, -0.15) is 0 Å². The Morgan fingerprint density at radius 1 is 1.09 bits per heavy atom. The summed E-state index contributed by atoms with van der Waals surface area (Å²) in [7, 11) is 1.55. The molecule has 0 bridgehead atoms. The minimum Gasteiger partial charge on any atom is -0.496 e. The van der Waals surface area contributed by atoms with Crippen LogP contribution < -0.4 is 10.1 Å². The van der Waals surface area contributed by atoms with Crippen molar-refractivity contribution in [1.82, 2.24) is 20.1 Å². The van der Waals surface area contributed by atoms with Gasteiger partial charge in [0.05, 0.1) is 24.8 Å². The van der Waals surface area contributed by atoms with Crippen molar-refractivity contribution >= 4 is 28.9 Å². The number of piperazine rings is 1. The van der Waals surface area contributed by atoms with E-state index in [0.29, 0.717) is 36.7 Å². The highest BCUT2D eigenvalue weighted by atomic mass is 32.1. The zero-order chi connectivity index (χ0) is 30.5. The Morgan fingerprint density at radius 2 is 1.86 bits per heavy atom. The predicted octanol–water partition coefficient (Wildman–Crippen LogP) is 4.86. The van der Waals surface area contributed by atoms with Gasteiger partial charge in [0, 0.05) is 43.6 Å². The van der Waals surface area contributed by atoms with E-state index in [-0.39, 0.29) is 47.6 Å². The van der Waals surface area contributed by atoms with Crippen LogP contribution in [0.25, 0.3) is 0 Å². The molecule has 0 unspecified atom stereocenters. The van der Waals surface area contributed by atoms with Gasteiger partial charge in [-0.15, -0.1) is 11.3 Å². The van der Waals surface area contributed by atoms with E-state index in [1.165, 1.54) is 17.8 Å². The number of rotatable bonds is 11. The van der Waals surface area contributed by atoms with Crippen LogP contribution in [0.3, 0.4) is 0 Å². The van der Waals surface area contributed by atoms with Crippen molar-refractivity contribution in [1.29, 1.82) is 0 Å². The Morgan fingerprint density at radius 3 is 2.58 bits per heavy atom. The first kappa shape index (κ1) is 31.6. The van der Waals surface area contributed by atoms with E-state index in [9.17, 15) is 14.4 Å². The quantitative estimate of drug-likeness (QED) is 0.363. The monoisotopic (exact) mass is 610 g/mol. The lowest BCUT2D eigenvalue weighted by atomic mass is 9.82. The number of fused-ring (bicyclic) bond motifs is 1. The Hall–Kier alpha value is -2.82. The summed E-state index contributed by atoms with van der Waals surface area (Å²) in [6.07, 6.45) is 6.91. The second kappa shape index (κ2) is 14.3. The van der Waals surface area contributed by atoms with Crippen LogP contribution in [-0.2, 0) is 14.3 Å². The highest BCUT2D eigenvalue weighted by Crippen LogP contribution is 2.37. The predicted molar refractivity (Wildman–Crippen MR) is 166 cm³/mol. The molecule has 1 aliphatic carbocycles. The molecular formula is C33H46N4O5S. The number of hydrogen-bond donors (Lipinski definition) is 1. The highest BCUT2D eigenvalue weighted by Gasteiger charge is 2.46. The van der Waals surface area contributed by atoms with E-state index >= 15 is 0 Å². The van der Waals surface area contributed by atoms with Gasteiger partial charge in [-0.1, -0.05) is 45.2 Å². The maximum absolute atomic E-state index is 14.6. The van der Waals surface area contributed by atoms with Crippen LogP contribution >= 0.6 is 11.3 Å². The van der Waals surface area contributed by atoms with Gasteiger partial charge in [0.25, 0.3) is 0 Å². The van der Waals surface area contributed by atoms with Crippen LogP contribution in [0.15, 0.2) is 29.6 Å². The fraction of sp³-hybridized carbons (Fsp3) is 0.636. The van der Waals surface area contributed by atoms with Gasteiger partial charge in [0.15, 0.2) is 0 Å². The fourth-order valence-corrected chi connectivity index (χ4v) is 7.76. The lowest BCUT2D eigenvalue weighted by Crippen LogP contribution is -2.60. The number of carbonyl (C=O) groups is 3. The molecule has 1 aromatic carbocycles. The zero-order valence-electron chi connectivity index (χ0n) is 25.9. The van der Waals surface area contributed by atoms with E-state index in [2.05, 4.69) is 10.2 Å². The molecule has 5 atom stereocenters. The number of nitrogens with zero attached hydrogens (tertiary/aromatic N) is 3. The third kappa shape index (κ3) is 6.97. The third-order valence-corrected chi connectivity index (χ3v) is 10.4. The minimum atomic E-state index is -0.561. The maximum atomic E-state index is 14.6. The lowest BCUT2D eigenvalue weighted by molar-refractivity contribution is -0.144. The Balaban J connectivity index is 1.46. The first-order valence-electron chi connectivity index (χ1n) is 15.9. The highest BCUT2D eigenvalue weighted by molar-refractivity contribution is 7.10. The Labute approximate surface area is 259 Å². The first-order valence-corrected chi connectivity index (χ1v) is 16.8. The van der Waals surface area contributed by atoms with Gasteiger partial charge in [-0.3, -0.25) is 19.3 Å². The van der Waals surface area contributed by atoms with Crippen molar-refractivity contribution in [2.24, 2.45) is 11.8 Å². The normalized spacial score (nSPS) is 24.3. The molecular weight excluding hydrogens is 564 g/mol. The molecule has 43 heavy (non-hydrogen) atoms. The second-order valence-electron chi connectivity index (χ2n) is 12.2. The van der Waals surface area contributed by atoms with E-state index in [1.54, 1.807) is 24.6 Å². The largest absolute Gasteiger partial charge is 0.496 e. The van der Waals surface area contributed by atoms with Crippen molar-refractivity contribution in [3.63, 3.8) is 0 Å². The zero-order valence-corrected chi connectivity index (χ0v) is 26.7. The van der Waals surface area contributed by atoms with E-state index in [1.807, 2.05) is 37.8 Å². The molecule has 2 saturated heterocycles. The molecule has 0 radical (unpaired) electrons. The van der Waals surface area contributed by atoms with Crippen LogP contribution in [0.2, 0.25) is 0 Å². The topological polar surface area (TPSA) is 101 Å². The lowest BCUT2D eigenvalue weighted by Gasteiger charge is -2.45. The molecule has 0 spiro atoms. The number of para-hydroxylation sites is 1. The van der Waals surface area contributed by atoms with E-state index in [4.69, 9.17) is 14.5 Å². The molecule has 2 aromatic rings. The van der Waals surface area contributed by atoms with Gasteiger partial charge in [0.2, 0.25) is 17.6 Å². The summed E-state index contributed by atoms with van der Waals surface area (Å²) < 4.78 is 11.4. The number of methoxy groups -OCH3 is 1. The van der Waals surface area contributed by atoms with Gasteiger partial charge in [0.1, 0.15) is 22.5 Å². The molecule has 5 rings (SSSR count). The number of carbonyl (C=O) groups excluding carboxylic acids is 3. The van der Waals surface area contributed by atoms with Crippen LogP contribution in [0.1, 0.15) is 92.8 Å². The third-order valence-electron chi connectivity index (χ3n) is 9.50. The molecule has 10 heteroatoms. The fourth-order valence-electron chi connectivity index (χ4n) is 6.86. The van der Waals surface area contributed by atoms with Crippen molar-refractivity contribution in [3.8, 4) is 5.75 Å². The SMILES string of the molecule is CCO[C@@H]1C[C@@H]2CN(C(=O)[C@@H](NC(=O)[C@H](C)CC)C3CCCCC3)[C@H](c3nc(C(=O)c4ccccc4OC)cs3)CN2C1. The van der Waals surface area contributed by atoms with Crippen molar-refractivity contribution in [3.05, 3.63) is 45.9 Å². The van der Waals surface area contributed by atoms with Crippen LogP contribution in [0.5, 0.6) is 5.75 Å². The number of amides is 2. The average molecular weight is 611 g/mol. The molecule has 1 saturated carbocycles. The van der Waals surface area contributed by atoms with E-state index < -0.39 is 6.04 Å². The summed E-state index contributed by atoms with van der Waals surface area (Å²) in [4.78, 5) is 50.5. The van der Waals surface area contributed by atoms with Gasteiger partial charge >= 0.3 is 0 Å². The summed E-state index contributed by atoms with van der Waals surface area (Å²) in [6.45, 7) is 8.56. The van der Waals surface area contributed by atoms with Crippen molar-refractivity contribution < 1.29 is 23.9 Å². The number of aromatic nitrogens is 1. The smallest absolute Gasteiger partial charge is 0.246 e. The summed E-state index contributed by atoms with van der Waals surface area (Å²) in [5.41, 5.74) is 0.809. The Bertz CT molecular complexity index is 1280. The maximum Gasteiger partial charge on any atom is 0.246 e. The van der Waals surface area contributed by atoms with Crippen molar-refractivity contribution in [2.45, 2.75) is 89.9 Å². The summed E-state index contributed by atoms with van der Waals surface area (Å²) in [6, 6.07) is 6.46. The Kier molecular flexibility index (Phi) is 10.5. The average Bonchev–Trinajstić information content (AvgIpc) is 3.69. The molecule has 3 aliphatic rings. The molecule has 3 fully saturated rings. The number of thiazole rings is 1. The van der Waals surface area contributed by atoms with Crippen molar-refractivity contribution in [2.75, 3.05) is 33.4 Å². The molecule has 1 aromatic heterocycles. The van der Waals surface area contributed by atoms with Gasteiger partial charge in [-0.05, 0) is 50.7 Å². The summed E-state index contributed by atoms with van der Waals surface area (Å²) in [5.74, 6) is 0.178. The van der Waals surface area contributed by atoms with Crippen LogP contribution in [0, 0.1) is 11.8 Å². The van der Waals surface area contributed by atoms with Crippen LogP contribution in [0.4, 0.5) is 0 Å². The first-order chi connectivity index (χ1) is 20.8. The number of benzene rings is 1. The second-order valence-corrected chi connectivity index (χ2v) is 13.1. The number of hydrogen-bond acceptors (Lipinski definition) is 8. The minimum absolute atomic E-state index is 0.0270. The number of nitrogens with one attached hydrogen (secondary N) is 1. The molecule has 2 aliphatic heterocycles. The van der Waals surface area contributed by atoms with Crippen LogP contribution in [-0.4, -0.2) is 83.9 Å². The number of ether oxygens (including phenoxy) is 2. The standard InChI is InChI=1S/C33H46N4O5S/c1-5-21(3)31(39)35-29(22-12-8-7-9-13-22)33(40)37-17-23-16-24(42-6-2)18-36(23)19-27(37)32-34-26(20-43-32)30(38)25-14-10-11-15-28(25)41-4/h10-11,14-15,20-24,27,29H,5-9,12-13,16-19H2,1-4H3,(H,35,39)/t21-,23-,24-,27+,29+/m1/s1. The van der Waals surface area contributed by atoms with Gasteiger partial charge in [-0.25, -0.2) is 4.98 Å².